The van der Waals surface area contributed by atoms with E-state index < -0.39 is 0 Å². The van der Waals surface area contributed by atoms with Crippen LogP contribution in [0.1, 0.15) is 0 Å². The summed E-state index contributed by atoms with van der Waals surface area (Å²) in [5.41, 5.74) is 1.04. The zero-order chi connectivity index (χ0) is 6.10. The normalized spacial score (nSPS) is 13.8. The molecule has 1 aromatic heterocycles. The van der Waals surface area contributed by atoms with Crippen LogP contribution >= 0.6 is 0 Å². The summed E-state index contributed by atoms with van der Waals surface area (Å²) in [6, 6.07) is 1.90. The van der Waals surface area contributed by atoms with Gasteiger partial charge in [0.2, 0.25) is 0 Å². The highest BCUT2D eigenvalue weighted by atomic mass is 28.2. The Kier molecular flexibility index (Phi) is 0.893. The Morgan fingerprint density at radius 1 is 1.44 bits per heavy atom. The van der Waals surface area contributed by atoms with Crippen molar-refractivity contribution < 1.29 is 0 Å². The van der Waals surface area contributed by atoms with Crippen LogP contribution in [0, 0.1) is 0 Å². The topological polar surface area (TPSA) is 49.8 Å². The van der Waals surface area contributed by atoms with Crippen molar-refractivity contribution in [1.29, 1.82) is 0 Å². The molecule has 0 atom stereocenters. The molecule has 0 spiro atoms. The average molecular weight is 136 g/mol. The third kappa shape index (κ3) is 0.654. The highest BCUT2D eigenvalue weighted by Gasteiger charge is 2.09. The van der Waals surface area contributed by atoms with Crippen molar-refractivity contribution in [1.82, 2.24) is 10.2 Å². The average Bonchev–Trinajstić information content (AvgIpc) is 2.33. The third-order valence-corrected chi connectivity index (χ3v) is 1.85. The lowest BCUT2D eigenvalue weighted by atomic mass is 10.5. The summed E-state index contributed by atoms with van der Waals surface area (Å²) in [6.45, 7) is 0. The van der Waals surface area contributed by atoms with Gasteiger partial charge in [0.1, 0.15) is 0 Å². The molecule has 1 aromatic rings. The van der Waals surface area contributed by atoms with Crippen molar-refractivity contribution in [2.24, 2.45) is 0 Å². The van der Waals surface area contributed by atoms with E-state index in [1.54, 1.807) is 6.20 Å². The van der Waals surface area contributed by atoms with E-state index in [9.17, 15) is 0 Å². The van der Waals surface area contributed by atoms with Gasteiger partial charge in [-0.1, -0.05) is 0 Å². The van der Waals surface area contributed by atoms with Gasteiger partial charge in [0, 0.05) is 0 Å². The molecule has 1 aliphatic heterocycles. The van der Waals surface area contributed by atoms with Crippen molar-refractivity contribution in [2.45, 2.75) is 0 Å². The number of fused-ring (bicyclic) bond motifs is 1. The summed E-state index contributed by atoms with van der Waals surface area (Å²) in [5, 5.41) is 7.55. The lowest BCUT2D eigenvalue weighted by Gasteiger charge is -1.91. The van der Waals surface area contributed by atoms with Crippen LogP contribution in [-0.2, 0) is 0 Å². The summed E-state index contributed by atoms with van der Waals surface area (Å²) in [7, 11) is 0.544. The Labute approximate surface area is 54.7 Å². The van der Waals surface area contributed by atoms with Crippen molar-refractivity contribution in [3.8, 4) is 0 Å². The molecule has 0 unspecified atom stereocenters. The van der Waals surface area contributed by atoms with E-state index in [0.717, 1.165) is 11.5 Å². The molecule has 0 aromatic carbocycles. The molecule has 2 rings (SSSR count). The van der Waals surface area contributed by atoms with E-state index in [-0.39, 0.29) is 0 Å². The lowest BCUT2D eigenvalue weighted by molar-refractivity contribution is 1.05. The minimum atomic E-state index is 0.544. The second-order valence-corrected chi connectivity index (χ2v) is 2.42. The Hall–Kier alpha value is -1.10. The predicted molar refractivity (Wildman–Crippen MR) is 35.0 cm³/mol. The van der Waals surface area contributed by atoms with Crippen molar-refractivity contribution in [3.63, 3.8) is 0 Å². The zero-order valence-electron chi connectivity index (χ0n) is 4.55. The molecule has 2 heterocycles. The van der Waals surface area contributed by atoms with Crippen molar-refractivity contribution in [3.05, 3.63) is 12.3 Å². The molecular weight excluding hydrogens is 132 g/mol. The van der Waals surface area contributed by atoms with Crippen molar-refractivity contribution in [2.75, 3.05) is 9.96 Å². The van der Waals surface area contributed by atoms with Gasteiger partial charge in [0.15, 0.2) is 5.82 Å². The van der Waals surface area contributed by atoms with E-state index in [4.69, 9.17) is 0 Å². The number of rotatable bonds is 0. The van der Waals surface area contributed by atoms with Gasteiger partial charge in [0.05, 0.1) is 11.9 Å². The van der Waals surface area contributed by atoms with E-state index in [1.165, 1.54) is 0 Å². The van der Waals surface area contributed by atoms with Gasteiger partial charge >= 0.3 is 9.84 Å². The fourth-order valence-electron chi connectivity index (χ4n) is 0.683. The first-order valence-corrected chi connectivity index (χ1v) is 3.55. The molecular formula is C4H4N4Si. The van der Waals surface area contributed by atoms with Gasteiger partial charge < -0.3 is 9.96 Å². The van der Waals surface area contributed by atoms with E-state index in [2.05, 4.69) is 20.2 Å². The summed E-state index contributed by atoms with van der Waals surface area (Å²) < 4.78 is 0. The first kappa shape index (κ1) is 4.75. The molecule has 5 heteroatoms. The number of nitrogens with zero attached hydrogens (tertiary/aromatic N) is 2. The Balaban J connectivity index is 2.54. The number of hydrogen-bond donors (Lipinski definition) is 2. The van der Waals surface area contributed by atoms with Gasteiger partial charge in [0.25, 0.3) is 0 Å². The van der Waals surface area contributed by atoms with Crippen molar-refractivity contribution >= 4 is 21.3 Å². The first-order valence-electron chi connectivity index (χ1n) is 2.55. The number of nitrogens with one attached hydrogen (secondary N) is 2. The second-order valence-electron chi connectivity index (χ2n) is 1.67. The smallest absolute Gasteiger partial charge is 0.328 e. The molecule has 0 amide bonds. The van der Waals surface area contributed by atoms with Crippen LogP contribution in [0.2, 0.25) is 0 Å². The Bertz CT molecular complexity index is 203. The third-order valence-electron chi connectivity index (χ3n) is 1.10. The summed E-state index contributed by atoms with van der Waals surface area (Å²) in [6.07, 6.45) is 1.67. The minimum absolute atomic E-state index is 0.544. The molecule has 0 aliphatic carbocycles. The molecule has 0 saturated heterocycles. The van der Waals surface area contributed by atoms with Gasteiger partial charge in [-0.05, 0) is 6.07 Å². The van der Waals surface area contributed by atoms with Crippen LogP contribution in [0.25, 0.3) is 0 Å². The van der Waals surface area contributed by atoms with Crippen LogP contribution in [0.15, 0.2) is 12.3 Å². The minimum Gasteiger partial charge on any atom is -0.391 e. The lowest BCUT2D eigenvalue weighted by Crippen LogP contribution is -2.05. The maximum Gasteiger partial charge on any atom is 0.328 e. The first-order chi connectivity index (χ1) is 4.47. The number of aromatic nitrogens is 2. The van der Waals surface area contributed by atoms with Crippen LogP contribution < -0.4 is 9.96 Å². The molecule has 9 heavy (non-hydrogen) atoms. The number of anilines is 2. The summed E-state index contributed by atoms with van der Waals surface area (Å²) in [5.74, 6) is 0.857. The monoisotopic (exact) mass is 136 g/mol. The van der Waals surface area contributed by atoms with Gasteiger partial charge in [-0.3, -0.25) is 0 Å². The molecule has 2 radical (unpaired) electrons. The quantitative estimate of drug-likeness (QED) is 0.487. The molecule has 1 aliphatic rings. The zero-order valence-corrected chi connectivity index (χ0v) is 5.55. The van der Waals surface area contributed by atoms with Crippen LogP contribution in [0.3, 0.4) is 0 Å². The molecule has 0 bridgehead atoms. The van der Waals surface area contributed by atoms with E-state index >= 15 is 0 Å². The standard InChI is InChI=1S/C4H4N4Si/c1-2-5-6-4-3(1)7-9-8-4/h1-2,7H,(H,6,8). The van der Waals surface area contributed by atoms with E-state index in [1.807, 2.05) is 6.07 Å². The predicted octanol–water partition coefficient (Wildman–Crippen LogP) is -0.152. The Morgan fingerprint density at radius 2 is 2.44 bits per heavy atom. The summed E-state index contributed by atoms with van der Waals surface area (Å²) in [4.78, 5) is 6.16. The van der Waals surface area contributed by atoms with Gasteiger partial charge in [-0.15, -0.1) is 5.10 Å². The fraction of sp³-hybridized carbons (Fsp3) is 0. The van der Waals surface area contributed by atoms with Crippen LogP contribution in [-0.4, -0.2) is 20.0 Å². The maximum absolute atomic E-state index is 3.84. The van der Waals surface area contributed by atoms with Gasteiger partial charge in [-0.25, -0.2) is 0 Å². The molecule has 0 fully saturated rings. The maximum atomic E-state index is 3.84. The SMILES string of the molecule is c1cc2c(nn1)N[Si]N2. The van der Waals surface area contributed by atoms with Gasteiger partial charge in [-0.2, -0.15) is 5.10 Å². The highest BCUT2D eigenvalue weighted by molar-refractivity contribution is 6.48. The largest absolute Gasteiger partial charge is 0.391 e. The molecule has 0 saturated carbocycles. The fourth-order valence-corrected chi connectivity index (χ4v) is 1.38. The molecule has 2 N–H and O–H groups in total. The summed E-state index contributed by atoms with van der Waals surface area (Å²) >= 11 is 0. The van der Waals surface area contributed by atoms with Crippen LogP contribution in [0.5, 0.6) is 0 Å². The second kappa shape index (κ2) is 1.69. The molecule has 44 valence electrons. The number of hydrogen-bond acceptors (Lipinski definition) is 4. The highest BCUT2D eigenvalue weighted by Crippen LogP contribution is 2.18. The Morgan fingerprint density at radius 3 is 3.33 bits per heavy atom. The van der Waals surface area contributed by atoms with Crippen LogP contribution in [0.4, 0.5) is 11.5 Å². The van der Waals surface area contributed by atoms with E-state index in [0.29, 0.717) is 9.84 Å². The molecule has 4 nitrogen and oxygen atoms in total.